The summed E-state index contributed by atoms with van der Waals surface area (Å²) in [5.41, 5.74) is 0.906. The van der Waals surface area contributed by atoms with Gasteiger partial charge >= 0.3 is 0 Å². The number of sulfonamides is 1. The van der Waals surface area contributed by atoms with Gasteiger partial charge in [-0.1, -0.05) is 72.8 Å². The molecule has 146 valence electrons. The number of rotatable bonds is 3. The van der Waals surface area contributed by atoms with Crippen LogP contribution in [-0.4, -0.2) is 20.0 Å². The summed E-state index contributed by atoms with van der Waals surface area (Å²) in [6.07, 6.45) is 0. The lowest BCUT2D eigenvalue weighted by atomic mass is 9.84. The first-order chi connectivity index (χ1) is 14.5. The van der Waals surface area contributed by atoms with Crippen LogP contribution in [0.5, 0.6) is 0 Å². The second-order valence-electron chi connectivity index (χ2n) is 7.01. The highest BCUT2D eigenvalue weighted by atomic mass is 32.2. The molecule has 0 aromatic heterocycles. The van der Waals surface area contributed by atoms with Crippen LogP contribution in [-0.2, 0) is 10.0 Å². The van der Waals surface area contributed by atoms with E-state index in [9.17, 15) is 18.0 Å². The van der Waals surface area contributed by atoms with Crippen LogP contribution in [0.1, 0.15) is 31.8 Å². The van der Waals surface area contributed by atoms with Crippen LogP contribution in [0.3, 0.4) is 0 Å². The fraction of sp³-hybridized carbons (Fsp3) is 0. The van der Waals surface area contributed by atoms with Crippen molar-refractivity contribution in [3.05, 3.63) is 107 Å². The normalized spacial score (nSPS) is 13.1. The Morgan fingerprint density at radius 1 is 0.600 bits per heavy atom. The van der Waals surface area contributed by atoms with E-state index in [1.807, 2.05) is 30.3 Å². The van der Waals surface area contributed by atoms with E-state index in [2.05, 4.69) is 4.72 Å². The van der Waals surface area contributed by atoms with Crippen molar-refractivity contribution in [1.29, 1.82) is 0 Å². The number of hydrogen-bond acceptors (Lipinski definition) is 4. The van der Waals surface area contributed by atoms with E-state index in [-0.39, 0.29) is 32.9 Å². The minimum Gasteiger partial charge on any atom is -0.289 e. The third kappa shape index (κ3) is 2.73. The fourth-order valence-electron chi connectivity index (χ4n) is 3.85. The molecule has 5 nitrogen and oxygen atoms in total. The molecule has 4 aromatic rings. The van der Waals surface area contributed by atoms with Crippen molar-refractivity contribution < 1.29 is 18.0 Å². The van der Waals surface area contributed by atoms with Crippen LogP contribution in [0.25, 0.3) is 10.8 Å². The predicted molar refractivity (Wildman–Crippen MR) is 115 cm³/mol. The maximum Gasteiger partial charge on any atom is 0.262 e. The topological polar surface area (TPSA) is 80.3 Å². The van der Waals surface area contributed by atoms with Crippen molar-refractivity contribution in [2.45, 2.75) is 4.90 Å². The van der Waals surface area contributed by atoms with Crippen molar-refractivity contribution in [1.82, 2.24) is 0 Å². The number of nitrogens with one attached hydrogen (secondary N) is 1. The zero-order valence-electron chi connectivity index (χ0n) is 15.6. The summed E-state index contributed by atoms with van der Waals surface area (Å²) in [7, 11) is -4.13. The minimum atomic E-state index is -4.13. The highest BCUT2D eigenvalue weighted by Gasteiger charge is 2.34. The monoisotopic (exact) mass is 413 g/mol. The van der Waals surface area contributed by atoms with E-state index in [0.29, 0.717) is 5.69 Å². The third-order valence-electron chi connectivity index (χ3n) is 5.24. The molecule has 0 atom stereocenters. The molecule has 30 heavy (non-hydrogen) atoms. The molecule has 1 aliphatic rings. The Morgan fingerprint density at radius 2 is 1.20 bits per heavy atom. The summed E-state index contributed by atoms with van der Waals surface area (Å²) in [5, 5.41) is 1.62. The Hall–Kier alpha value is -3.77. The quantitative estimate of drug-likeness (QED) is 0.475. The molecule has 0 saturated carbocycles. The molecule has 1 aliphatic carbocycles. The van der Waals surface area contributed by atoms with Crippen molar-refractivity contribution in [3.8, 4) is 0 Å². The van der Waals surface area contributed by atoms with E-state index >= 15 is 0 Å². The first-order valence-electron chi connectivity index (χ1n) is 9.29. The number of fused-ring (bicyclic) bond motifs is 3. The maximum absolute atomic E-state index is 13.3. The fourth-order valence-corrected chi connectivity index (χ4v) is 5.16. The van der Waals surface area contributed by atoms with Gasteiger partial charge in [0.15, 0.2) is 11.6 Å². The maximum atomic E-state index is 13.3. The summed E-state index contributed by atoms with van der Waals surface area (Å²) in [6.45, 7) is 0. The number of carbonyl (C=O) groups excluding carboxylic acids is 2. The van der Waals surface area contributed by atoms with Gasteiger partial charge in [0, 0.05) is 22.1 Å². The molecule has 0 unspecified atom stereocenters. The van der Waals surface area contributed by atoms with Crippen molar-refractivity contribution in [2.75, 3.05) is 4.72 Å². The number of ketones is 2. The molecule has 0 radical (unpaired) electrons. The molecule has 4 aromatic carbocycles. The summed E-state index contributed by atoms with van der Waals surface area (Å²) in [6, 6.07) is 23.5. The van der Waals surface area contributed by atoms with Gasteiger partial charge in [0.25, 0.3) is 10.0 Å². The Bertz CT molecular complexity index is 1470. The van der Waals surface area contributed by atoms with Crippen LogP contribution in [0.15, 0.2) is 89.8 Å². The molecule has 5 rings (SSSR count). The van der Waals surface area contributed by atoms with Crippen LogP contribution in [0, 0.1) is 0 Å². The lowest BCUT2D eigenvalue weighted by molar-refractivity contribution is 0.0976. The van der Waals surface area contributed by atoms with Gasteiger partial charge in [0.2, 0.25) is 0 Å². The Labute approximate surface area is 173 Å². The summed E-state index contributed by atoms with van der Waals surface area (Å²) in [4.78, 5) is 25.8. The molecule has 0 saturated heterocycles. The molecule has 0 amide bonds. The zero-order chi connectivity index (χ0) is 20.9. The summed E-state index contributed by atoms with van der Waals surface area (Å²) in [5.74, 6) is -0.832. The molecule has 1 N–H and O–H groups in total. The molecular weight excluding hydrogens is 398 g/mol. The van der Waals surface area contributed by atoms with E-state index in [1.54, 1.807) is 36.4 Å². The van der Waals surface area contributed by atoms with Gasteiger partial charge in [-0.15, -0.1) is 0 Å². The Morgan fingerprint density at radius 3 is 2.00 bits per heavy atom. The van der Waals surface area contributed by atoms with Gasteiger partial charge < -0.3 is 0 Å². The summed E-state index contributed by atoms with van der Waals surface area (Å²) < 4.78 is 29.2. The Balaban J connectivity index is 1.67. The largest absolute Gasteiger partial charge is 0.289 e. The number of hydrogen-bond donors (Lipinski definition) is 1. The molecular formula is C24H15NO4S. The van der Waals surface area contributed by atoms with Crippen molar-refractivity contribution in [2.24, 2.45) is 0 Å². The highest BCUT2D eigenvalue weighted by Crippen LogP contribution is 2.33. The van der Waals surface area contributed by atoms with E-state index in [4.69, 9.17) is 0 Å². The van der Waals surface area contributed by atoms with Gasteiger partial charge in [-0.05, 0) is 17.5 Å². The lowest BCUT2D eigenvalue weighted by Gasteiger charge is -2.20. The second-order valence-corrected chi connectivity index (χ2v) is 8.67. The van der Waals surface area contributed by atoms with Gasteiger partial charge in [0.05, 0.1) is 16.1 Å². The highest BCUT2D eigenvalue weighted by molar-refractivity contribution is 7.92. The average Bonchev–Trinajstić information content (AvgIpc) is 2.77. The van der Waals surface area contributed by atoms with Crippen molar-refractivity contribution in [3.63, 3.8) is 0 Å². The smallest absolute Gasteiger partial charge is 0.262 e. The standard InChI is InChI=1S/C24H15NO4S/c26-23-17-10-3-4-11-18(17)24(27)22-19(23)12-6-14-21(22)30(28,29)25-20-13-5-8-15-7-1-2-9-16(15)20/h1-14,25H. The molecule has 0 spiro atoms. The predicted octanol–water partition coefficient (Wildman–Crippen LogP) is 4.42. The number of carbonyl (C=O) groups is 2. The van der Waals surface area contributed by atoms with Crippen LogP contribution in [0.4, 0.5) is 5.69 Å². The van der Waals surface area contributed by atoms with E-state index in [0.717, 1.165) is 10.8 Å². The first kappa shape index (κ1) is 18.3. The van der Waals surface area contributed by atoms with Gasteiger partial charge in [-0.2, -0.15) is 0 Å². The SMILES string of the molecule is O=C1c2ccccc2C(=O)c2c1cccc2S(=O)(=O)Nc1cccc2ccccc12. The van der Waals surface area contributed by atoms with Crippen molar-refractivity contribution >= 4 is 38.0 Å². The van der Waals surface area contributed by atoms with Crippen LogP contribution < -0.4 is 4.72 Å². The van der Waals surface area contributed by atoms with Crippen LogP contribution in [0.2, 0.25) is 0 Å². The van der Waals surface area contributed by atoms with Gasteiger partial charge in [-0.3, -0.25) is 14.3 Å². The molecule has 0 fully saturated rings. The van der Waals surface area contributed by atoms with E-state index < -0.39 is 15.8 Å². The number of benzene rings is 4. The first-order valence-corrected chi connectivity index (χ1v) is 10.8. The van der Waals surface area contributed by atoms with Gasteiger partial charge in [-0.25, -0.2) is 8.42 Å². The number of anilines is 1. The minimum absolute atomic E-state index is 0.0889. The average molecular weight is 413 g/mol. The van der Waals surface area contributed by atoms with Gasteiger partial charge in [0.1, 0.15) is 0 Å². The zero-order valence-corrected chi connectivity index (χ0v) is 16.4. The van der Waals surface area contributed by atoms with Crippen LogP contribution >= 0.6 is 0 Å². The molecule has 0 heterocycles. The molecule has 0 aliphatic heterocycles. The third-order valence-corrected chi connectivity index (χ3v) is 6.65. The summed E-state index contributed by atoms with van der Waals surface area (Å²) >= 11 is 0. The molecule has 0 bridgehead atoms. The Kier molecular flexibility index (Phi) is 4.04. The lowest BCUT2D eigenvalue weighted by Crippen LogP contribution is -2.25. The van der Waals surface area contributed by atoms with E-state index in [1.165, 1.54) is 18.2 Å². The second kappa shape index (κ2) is 6.64. The molecule has 6 heteroatoms.